The summed E-state index contributed by atoms with van der Waals surface area (Å²) in [4.78, 5) is 59.8. The number of aliphatic hydroxyl groups excluding tert-OH is 1. The quantitative estimate of drug-likeness (QED) is 0.166. The van der Waals surface area contributed by atoms with E-state index in [4.69, 9.17) is 10.8 Å². The van der Waals surface area contributed by atoms with Gasteiger partial charge in [-0.25, -0.2) is 4.79 Å². The summed E-state index contributed by atoms with van der Waals surface area (Å²) in [6.07, 6.45) is -1.30. The van der Waals surface area contributed by atoms with Crippen molar-refractivity contribution in [2.75, 3.05) is 0 Å². The molecule has 8 N–H and O–H groups in total. The van der Waals surface area contributed by atoms with Crippen molar-refractivity contribution in [1.29, 1.82) is 0 Å². The van der Waals surface area contributed by atoms with E-state index in [2.05, 4.69) is 16.0 Å². The predicted molar refractivity (Wildman–Crippen MR) is 114 cm³/mol. The average molecular weight is 461 g/mol. The number of carbonyl (C=O) groups is 5. The standard InChI is InChI=1S/C20H36N4O8/c1-6-10(4)15(19(30)24-16(11(5)25)20(31)32)23-18(29)14(9(2)3)22-17(28)12(21)7-8-13(26)27/h9-12,14-16,25H,6-8,21H2,1-5H3,(H,22,28)(H,23,29)(H,24,30)(H,26,27)(H,31,32)/t10-,11+,12-,14-,15-,16-/m0/s1. The van der Waals surface area contributed by atoms with Crippen molar-refractivity contribution in [2.24, 2.45) is 17.6 Å². The van der Waals surface area contributed by atoms with E-state index in [1.165, 1.54) is 6.92 Å². The molecule has 0 bridgehead atoms. The average Bonchev–Trinajstić information content (AvgIpc) is 2.70. The Morgan fingerprint density at radius 2 is 1.28 bits per heavy atom. The van der Waals surface area contributed by atoms with E-state index in [9.17, 15) is 34.2 Å². The Bertz CT molecular complexity index is 683. The maximum Gasteiger partial charge on any atom is 0.328 e. The van der Waals surface area contributed by atoms with Crippen molar-refractivity contribution in [3.8, 4) is 0 Å². The van der Waals surface area contributed by atoms with Gasteiger partial charge in [0.15, 0.2) is 6.04 Å². The normalized spacial score (nSPS) is 16.8. The number of nitrogens with one attached hydrogen (secondary N) is 3. The van der Waals surface area contributed by atoms with Crippen molar-refractivity contribution in [1.82, 2.24) is 16.0 Å². The van der Waals surface area contributed by atoms with Gasteiger partial charge in [-0.1, -0.05) is 34.1 Å². The lowest BCUT2D eigenvalue weighted by Gasteiger charge is -2.29. The first kappa shape index (κ1) is 29.3. The number of carboxylic acid groups (broad SMARTS) is 2. The zero-order valence-electron chi connectivity index (χ0n) is 19.1. The van der Waals surface area contributed by atoms with Gasteiger partial charge in [0.05, 0.1) is 12.1 Å². The van der Waals surface area contributed by atoms with Crippen LogP contribution in [0.1, 0.15) is 53.9 Å². The highest BCUT2D eigenvalue weighted by Crippen LogP contribution is 2.11. The summed E-state index contributed by atoms with van der Waals surface area (Å²) in [7, 11) is 0. The third kappa shape index (κ3) is 9.60. The van der Waals surface area contributed by atoms with Crippen LogP contribution in [0.2, 0.25) is 0 Å². The minimum atomic E-state index is -1.56. The minimum absolute atomic E-state index is 0.110. The number of nitrogens with two attached hydrogens (primary N) is 1. The summed E-state index contributed by atoms with van der Waals surface area (Å²) < 4.78 is 0. The first-order valence-electron chi connectivity index (χ1n) is 10.5. The number of amides is 3. The summed E-state index contributed by atoms with van der Waals surface area (Å²) in [5, 5.41) is 34.8. The summed E-state index contributed by atoms with van der Waals surface area (Å²) in [6, 6.07) is -4.87. The lowest BCUT2D eigenvalue weighted by Crippen LogP contribution is -2.60. The Morgan fingerprint density at radius 3 is 1.69 bits per heavy atom. The third-order valence-corrected chi connectivity index (χ3v) is 5.09. The fourth-order valence-corrected chi connectivity index (χ4v) is 2.78. The largest absolute Gasteiger partial charge is 0.481 e. The van der Waals surface area contributed by atoms with E-state index < -0.39 is 65.8 Å². The van der Waals surface area contributed by atoms with Crippen molar-refractivity contribution in [3.63, 3.8) is 0 Å². The van der Waals surface area contributed by atoms with Gasteiger partial charge in [0, 0.05) is 6.42 Å². The molecule has 0 spiro atoms. The second-order valence-electron chi connectivity index (χ2n) is 8.21. The van der Waals surface area contributed by atoms with Crippen LogP contribution in [0.15, 0.2) is 0 Å². The highest BCUT2D eigenvalue weighted by molar-refractivity contribution is 5.94. The van der Waals surface area contributed by atoms with Gasteiger partial charge in [0.25, 0.3) is 0 Å². The molecule has 0 fully saturated rings. The maximum atomic E-state index is 12.9. The SMILES string of the molecule is CC[C@H](C)[C@H](NC(=O)[C@@H](NC(=O)[C@@H](N)CCC(=O)O)C(C)C)C(=O)N[C@H](C(=O)O)[C@@H](C)O. The van der Waals surface area contributed by atoms with Crippen LogP contribution in [-0.4, -0.2) is 75.3 Å². The van der Waals surface area contributed by atoms with Gasteiger partial charge < -0.3 is 37.0 Å². The predicted octanol–water partition coefficient (Wildman–Crippen LogP) is -1.20. The molecule has 0 aromatic rings. The molecule has 12 heteroatoms. The van der Waals surface area contributed by atoms with Gasteiger partial charge in [-0.2, -0.15) is 0 Å². The van der Waals surface area contributed by atoms with Crippen LogP contribution >= 0.6 is 0 Å². The van der Waals surface area contributed by atoms with Crippen LogP contribution < -0.4 is 21.7 Å². The Kier molecular flexibility index (Phi) is 12.5. The molecule has 0 aliphatic carbocycles. The van der Waals surface area contributed by atoms with E-state index in [1.807, 2.05) is 0 Å². The molecule has 0 saturated carbocycles. The van der Waals surface area contributed by atoms with Crippen molar-refractivity contribution >= 4 is 29.7 Å². The molecule has 12 nitrogen and oxygen atoms in total. The molecule has 3 amide bonds. The fraction of sp³-hybridized carbons (Fsp3) is 0.750. The van der Waals surface area contributed by atoms with Crippen molar-refractivity contribution < 1.29 is 39.3 Å². The van der Waals surface area contributed by atoms with Gasteiger partial charge in [-0.05, 0) is 25.2 Å². The van der Waals surface area contributed by atoms with E-state index in [0.717, 1.165) is 0 Å². The van der Waals surface area contributed by atoms with Crippen LogP contribution in [0.5, 0.6) is 0 Å². The Hall–Kier alpha value is -2.73. The van der Waals surface area contributed by atoms with Crippen LogP contribution in [0, 0.1) is 11.8 Å². The van der Waals surface area contributed by atoms with Gasteiger partial charge in [-0.3, -0.25) is 19.2 Å². The molecule has 0 saturated heterocycles. The molecule has 0 aliphatic rings. The van der Waals surface area contributed by atoms with Crippen LogP contribution in [0.25, 0.3) is 0 Å². The van der Waals surface area contributed by atoms with Gasteiger partial charge in [0.2, 0.25) is 17.7 Å². The molecule has 0 heterocycles. The Labute approximate surface area is 187 Å². The monoisotopic (exact) mass is 460 g/mol. The Morgan fingerprint density at radius 1 is 0.812 bits per heavy atom. The van der Waals surface area contributed by atoms with Crippen LogP contribution in [0.4, 0.5) is 0 Å². The zero-order valence-corrected chi connectivity index (χ0v) is 19.1. The molecule has 184 valence electrons. The molecule has 0 radical (unpaired) electrons. The van der Waals surface area contributed by atoms with Gasteiger partial charge >= 0.3 is 11.9 Å². The number of carbonyl (C=O) groups excluding carboxylic acids is 3. The van der Waals surface area contributed by atoms with E-state index in [-0.39, 0.29) is 18.8 Å². The molecule has 32 heavy (non-hydrogen) atoms. The molecule has 6 atom stereocenters. The molecule has 0 aromatic carbocycles. The molecule has 0 aromatic heterocycles. The topological polar surface area (TPSA) is 208 Å². The van der Waals surface area contributed by atoms with Crippen LogP contribution in [-0.2, 0) is 24.0 Å². The highest BCUT2D eigenvalue weighted by Gasteiger charge is 2.34. The second-order valence-corrected chi connectivity index (χ2v) is 8.21. The lowest BCUT2D eigenvalue weighted by molar-refractivity contribution is -0.145. The number of aliphatic hydroxyl groups is 1. The summed E-state index contributed by atoms with van der Waals surface area (Å²) in [5.74, 6) is -5.48. The molecule has 0 rings (SSSR count). The van der Waals surface area contributed by atoms with Crippen LogP contribution in [0.3, 0.4) is 0 Å². The van der Waals surface area contributed by atoms with Crippen molar-refractivity contribution in [3.05, 3.63) is 0 Å². The number of rotatable bonds is 14. The van der Waals surface area contributed by atoms with Gasteiger partial charge in [0.1, 0.15) is 12.1 Å². The maximum absolute atomic E-state index is 12.9. The van der Waals surface area contributed by atoms with Gasteiger partial charge in [-0.15, -0.1) is 0 Å². The molecular weight excluding hydrogens is 424 g/mol. The van der Waals surface area contributed by atoms with Crippen molar-refractivity contribution in [2.45, 2.75) is 84.2 Å². The first-order chi connectivity index (χ1) is 14.7. The highest BCUT2D eigenvalue weighted by atomic mass is 16.4. The fourth-order valence-electron chi connectivity index (χ4n) is 2.78. The number of hydrogen-bond donors (Lipinski definition) is 7. The minimum Gasteiger partial charge on any atom is -0.481 e. The zero-order chi connectivity index (χ0) is 25.2. The summed E-state index contributed by atoms with van der Waals surface area (Å²) in [5.41, 5.74) is 5.69. The lowest BCUT2D eigenvalue weighted by atomic mass is 9.95. The molecular formula is C20H36N4O8. The number of hydrogen-bond acceptors (Lipinski definition) is 7. The second kappa shape index (κ2) is 13.6. The Balaban J connectivity index is 5.44. The van der Waals surface area contributed by atoms with E-state index in [1.54, 1.807) is 27.7 Å². The molecule has 0 unspecified atom stereocenters. The third-order valence-electron chi connectivity index (χ3n) is 5.09. The summed E-state index contributed by atoms with van der Waals surface area (Å²) >= 11 is 0. The molecule has 0 aliphatic heterocycles. The number of aliphatic carboxylic acids is 2. The van der Waals surface area contributed by atoms with E-state index in [0.29, 0.717) is 6.42 Å². The first-order valence-corrected chi connectivity index (χ1v) is 10.5. The van der Waals surface area contributed by atoms with E-state index >= 15 is 0 Å². The number of carboxylic acids is 2. The smallest absolute Gasteiger partial charge is 0.328 e. The summed E-state index contributed by atoms with van der Waals surface area (Å²) in [6.45, 7) is 8.02.